The zero-order valence-corrected chi connectivity index (χ0v) is 23.0. The smallest absolute Gasteiger partial charge is 0.225 e. The van der Waals surface area contributed by atoms with Crippen molar-refractivity contribution in [2.45, 2.75) is 96.6 Å². The van der Waals surface area contributed by atoms with Gasteiger partial charge in [0, 0.05) is 18.2 Å². The molecular formula is C27H38N6O3S. The summed E-state index contributed by atoms with van der Waals surface area (Å²) in [4.78, 5) is 19.0. The number of pyridine rings is 1. The van der Waals surface area contributed by atoms with Crippen molar-refractivity contribution < 1.29 is 15.3 Å². The van der Waals surface area contributed by atoms with Crippen LogP contribution in [0.1, 0.15) is 64.3 Å². The lowest BCUT2D eigenvalue weighted by molar-refractivity contribution is -0.0601. The van der Waals surface area contributed by atoms with Gasteiger partial charge in [-0.2, -0.15) is 4.98 Å². The Bertz CT molecular complexity index is 1270. The first kappa shape index (κ1) is 26.2. The standard InChI is InChI=1S/C27H38N6O3S/c1-13(16-8-6-7-9-16)29-26-30-14(2)20(25-32-21-15(3)28-11-10-19(21)37-25)24(33-26)31-18-12-17(27(4,5)36)22(34)23(18)35/h10-11,13,16-18,22-23,34-36H,6-9,12H2,1-5H3,(H2,29,30,31,33)/t13-,17+,18?,22-,23+/m1/s1. The molecule has 0 aliphatic heterocycles. The van der Waals surface area contributed by atoms with Crippen molar-refractivity contribution in [1.82, 2.24) is 19.9 Å². The van der Waals surface area contributed by atoms with Gasteiger partial charge in [-0.1, -0.05) is 12.8 Å². The molecule has 0 radical (unpaired) electrons. The number of hydrogen-bond donors (Lipinski definition) is 5. The van der Waals surface area contributed by atoms with Crippen molar-refractivity contribution in [2.24, 2.45) is 11.8 Å². The highest BCUT2D eigenvalue weighted by Crippen LogP contribution is 2.40. The summed E-state index contributed by atoms with van der Waals surface area (Å²) in [6.45, 7) is 9.41. The lowest BCUT2D eigenvalue weighted by atomic mass is 9.88. The van der Waals surface area contributed by atoms with Crippen molar-refractivity contribution >= 4 is 33.3 Å². The Labute approximate surface area is 221 Å². The zero-order valence-electron chi connectivity index (χ0n) is 22.2. The molecule has 37 heavy (non-hydrogen) atoms. The van der Waals surface area contributed by atoms with E-state index in [1.165, 1.54) is 25.7 Å². The predicted octanol–water partition coefficient (Wildman–Crippen LogP) is 4.05. The largest absolute Gasteiger partial charge is 0.390 e. The Kier molecular flexibility index (Phi) is 7.12. The third-order valence-electron chi connectivity index (χ3n) is 8.17. The third kappa shape index (κ3) is 5.16. The number of nitrogens with zero attached hydrogens (tertiary/aromatic N) is 4. The highest BCUT2D eigenvalue weighted by molar-refractivity contribution is 7.21. The van der Waals surface area contributed by atoms with Gasteiger partial charge in [-0.3, -0.25) is 4.98 Å². The van der Waals surface area contributed by atoms with E-state index in [-0.39, 0.29) is 6.04 Å². The van der Waals surface area contributed by atoms with Crippen LogP contribution >= 0.6 is 11.3 Å². The summed E-state index contributed by atoms with van der Waals surface area (Å²) in [6.07, 6.45) is 5.04. The Morgan fingerprint density at radius 2 is 1.78 bits per heavy atom. The molecule has 2 aliphatic carbocycles. The molecule has 9 nitrogen and oxygen atoms in total. The fraction of sp³-hybridized carbons (Fsp3) is 0.630. The summed E-state index contributed by atoms with van der Waals surface area (Å²) in [5.41, 5.74) is 2.13. The molecule has 0 aromatic carbocycles. The molecule has 2 saturated carbocycles. The van der Waals surface area contributed by atoms with Gasteiger partial charge in [0.05, 0.1) is 39.4 Å². The molecule has 0 spiro atoms. The maximum atomic E-state index is 10.9. The molecule has 2 fully saturated rings. The first-order valence-electron chi connectivity index (χ1n) is 13.3. The van der Waals surface area contributed by atoms with Crippen molar-refractivity contribution in [3.63, 3.8) is 0 Å². The Hall–Kier alpha value is -2.40. The van der Waals surface area contributed by atoms with E-state index in [0.717, 1.165) is 32.2 Å². The van der Waals surface area contributed by atoms with E-state index >= 15 is 0 Å². The molecule has 3 aromatic rings. The van der Waals surface area contributed by atoms with Gasteiger partial charge >= 0.3 is 0 Å². The molecule has 2 aliphatic rings. The van der Waals surface area contributed by atoms with Gasteiger partial charge in [0.15, 0.2) is 0 Å². The number of nitrogens with one attached hydrogen (secondary N) is 2. The number of aliphatic hydroxyl groups excluding tert-OH is 2. The number of rotatable bonds is 7. The minimum Gasteiger partial charge on any atom is -0.390 e. The lowest BCUT2D eigenvalue weighted by Crippen LogP contribution is -2.40. The topological polar surface area (TPSA) is 136 Å². The monoisotopic (exact) mass is 526 g/mol. The van der Waals surface area contributed by atoms with E-state index in [1.807, 2.05) is 19.9 Å². The van der Waals surface area contributed by atoms with Crippen LogP contribution in [0.3, 0.4) is 0 Å². The average Bonchev–Trinajstić information content (AvgIpc) is 3.55. The molecule has 0 amide bonds. The van der Waals surface area contributed by atoms with Crippen LogP contribution in [0, 0.1) is 25.7 Å². The second-order valence-corrected chi connectivity index (χ2v) is 12.4. The van der Waals surface area contributed by atoms with Crippen LogP contribution in [0.15, 0.2) is 12.3 Å². The van der Waals surface area contributed by atoms with Gasteiger partial charge < -0.3 is 26.0 Å². The maximum Gasteiger partial charge on any atom is 0.225 e. The number of aliphatic hydroxyl groups is 3. The number of aryl methyl sites for hydroxylation is 2. The molecule has 0 saturated heterocycles. The summed E-state index contributed by atoms with van der Waals surface area (Å²) in [6, 6.07) is 1.71. The summed E-state index contributed by atoms with van der Waals surface area (Å²) in [5, 5.41) is 39.9. The molecule has 0 bridgehead atoms. The molecule has 3 heterocycles. The fourth-order valence-electron chi connectivity index (χ4n) is 5.92. The molecule has 5 N–H and O–H groups in total. The zero-order chi connectivity index (χ0) is 26.5. The molecule has 1 unspecified atom stereocenters. The Balaban J connectivity index is 1.53. The summed E-state index contributed by atoms with van der Waals surface area (Å²) in [5.74, 6) is 1.22. The van der Waals surface area contributed by atoms with E-state index in [9.17, 15) is 15.3 Å². The van der Waals surface area contributed by atoms with E-state index in [0.29, 0.717) is 24.1 Å². The second-order valence-electron chi connectivity index (χ2n) is 11.3. The van der Waals surface area contributed by atoms with E-state index < -0.39 is 29.8 Å². The van der Waals surface area contributed by atoms with Crippen molar-refractivity contribution in [1.29, 1.82) is 0 Å². The van der Waals surface area contributed by atoms with Crippen LogP contribution in [0.4, 0.5) is 11.8 Å². The third-order valence-corrected chi connectivity index (χ3v) is 9.21. The highest BCUT2D eigenvalue weighted by atomic mass is 32.1. The quantitative estimate of drug-likeness (QED) is 0.309. The van der Waals surface area contributed by atoms with Gasteiger partial charge in [0.2, 0.25) is 5.95 Å². The van der Waals surface area contributed by atoms with Crippen molar-refractivity contribution in [2.75, 3.05) is 10.6 Å². The number of aromatic nitrogens is 4. The average molecular weight is 527 g/mol. The fourth-order valence-corrected chi connectivity index (χ4v) is 7.03. The SMILES string of the molecule is Cc1nc(N[C@H](C)C2CCCC2)nc(NC2C[C@H](C(C)(C)O)[C@@H](O)[C@H]2O)c1-c1nc2c(C)nccc2s1. The number of fused-ring (bicyclic) bond motifs is 1. The van der Waals surface area contributed by atoms with Crippen LogP contribution in [0.5, 0.6) is 0 Å². The summed E-state index contributed by atoms with van der Waals surface area (Å²) >= 11 is 1.55. The molecular weight excluding hydrogens is 488 g/mol. The lowest BCUT2D eigenvalue weighted by Gasteiger charge is -2.28. The molecule has 200 valence electrons. The van der Waals surface area contributed by atoms with Crippen LogP contribution in [-0.2, 0) is 0 Å². The van der Waals surface area contributed by atoms with Gasteiger partial charge in [0.1, 0.15) is 22.4 Å². The van der Waals surface area contributed by atoms with Crippen LogP contribution in [0.25, 0.3) is 20.8 Å². The van der Waals surface area contributed by atoms with E-state index in [4.69, 9.17) is 15.0 Å². The molecule has 5 rings (SSSR count). The van der Waals surface area contributed by atoms with Crippen LogP contribution in [0.2, 0.25) is 0 Å². The minimum atomic E-state index is -1.12. The normalized spacial score (nSPS) is 25.6. The van der Waals surface area contributed by atoms with Crippen LogP contribution < -0.4 is 10.6 Å². The Morgan fingerprint density at radius 1 is 1.05 bits per heavy atom. The van der Waals surface area contributed by atoms with Gasteiger partial charge in [-0.25, -0.2) is 9.97 Å². The first-order valence-corrected chi connectivity index (χ1v) is 14.1. The summed E-state index contributed by atoms with van der Waals surface area (Å²) < 4.78 is 1.03. The molecule has 10 heteroatoms. The van der Waals surface area contributed by atoms with Crippen molar-refractivity contribution in [3.05, 3.63) is 23.7 Å². The molecule has 5 atom stereocenters. The second kappa shape index (κ2) is 10.1. The van der Waals surface area contributed by atoms with E-state index in [2.05, 4.69) is 22.5 Å². The van der Waals surface area contributed by atoms with Gasteiger partial charge in [-0.15, -0.1) is 11.3 Å². The summed E-state index contributed by atoms with van der Waals surface area (Å²) in [7, 11) is 0. The van der Waals surface area contributed by atoms with Gasteiger partial charge in [0.25, 0.3) is 0 Å². The first-order chi connectivity index (χ1) is 17.5. The number of thiazole rings is 1. The number of hydrogen-bond acceptors (Lipinski definition) is 10. The van der Waals surface area contributed by atoms with Gasteiger partial charge in [-0.05, 0) is 65.9 Å². The predicted molar refractivity (Wildman–Crippen MR) is 147 cm³/mol. The Morgan fingerprint density at radius 3 is 2.43 bits per heavy atom. The number of anilines is 2. The maximum absolute atomic E-state index is 10.9. The van der Waals surface area contributed by atoms with Crippen LogP contribution in [-0.4, -0.2) is 65.1 Å². The van der Waals surface area contributed by atoms with Crippen molar-refractivity contribution in [3.8, 4) is 10.6 Å². The minimum absolute atomic E-state index is 0.246. The highest BCUT2D eigenvalue weighted by Gasteiger charge is 2.48. The van der Waals surface area contributed by atoms with E-state index in [1.54, 1.807) is 31.4 Å². The molecule has 3 aromatic heterocycles.